The minimum atomic E-state index is -0.164. The van der Waals surface area contributed by atoms with Gasteiger partial charge >= 0.3 is 0 Å². The number of halogens is 1. The van der Waals surface area contributed by atoms with Crippen molar-refractivity contribution >= 4 is 58.0 Å². The highest BCUT2D eigenvalue weighted by molar-refractivity contribution is 14.0. The van der Waals surface area contributed by atoms with Gasteiger partial charge in [0, 0.05) is 43.4 Å². The standard InChI is InChI=1S/C18H24N6OS.HI/c1-2-14-4-3-5-15(12-14)22-16(25)13-21-17(19)23-7-9-24(10-8-23)18-20-6-11-26-18;/h3-6,11-12H,2,7-10,13H2,1H3,(H2,19,21)(H,22,25);1H. The Morgan fingerprint density at radius 2 is 2.11 bits per heavy atom. The lowest BCUT2D eigenvalue weighted by atomic mass is 10.1. The first-order valence-electron chi connectivity index (χ1n) is 8.74. The first-order chi connectivity index (χ1) is 12.7. The maximum atomic E-state index is 12.1. The van der Waals surface area contributed by atoms with Crippen LogP contribution in [0.15, 0.2) is 40.8 Å². The number of amides is 1. The molecule has 27 heavy (non-hydrogen) atoms. The van der Waals surface area contributed by atoms with Crippen molar-refractivity contribution in [1.82, 2.24) is 9.88 Å². The van der Waals surface area contributed by atoms with Crippen LogP contribution in [0.2, 0.25) is 0 Å². The van der Waals surface area contributed by atoms with Crippen LogP contribution in [0, 0.1) is 0 Å². The second-order valence-electron chi connectivity index (χ2n) is 6.07. The van der Waals surface area contributed by atoms with Gasteiger partial charge in [0.2, 0.25) is 5.91 Å². The molecule has 1 saturated heterocycles. The summed E-state index contributed by atoms with van der Waals surface area (Å²) >= 11 is 1.64. The molecular formula is C18H25IN6OS. The maximum Gasteiger partial charge on any atom is 0.246 e. The molecule has 7 nitrogen and oxygen atoms in total. The van der Waals surface area contributed by atoms with E-state index in [-0.39, 0.29) is 36.4 Å². The molecule has 0 spiro atoms. The van der Waals surface area contributed by atoms with E-state index in [1.807, 2.05) is 40.7 Å². The molecule has 1 aliphatic heterocycles. The van der Waals surface area contributed by atoms with E-state index in [1.165, 1.54) is 5.56 Å². The number of piperazine rings is 1. The molecule has 2 heterocycles. The molecule has 0 saturated carbocycles. The van der Waals surface area contributed by atoms with Crippen LogP contribution in [0.4, 0.5) is 10.8 Å². The van der Waals surface area contributed by atoms with Gasteiger partial charge in [-0.1, -0.05) is 19.1 Å². The predicted molar refractivity (Wildman–Crippen MR) is 122 cm³/mol. The fourth-order valence-electron chi connectivity index (χ4n) is 2.82. The van der Waals surface area contributed by atoms with Crippen molar-refractivity contribution in [2.45, 2.75) is 13.3 Å². The molecule has 1 amide bonds. The number of thiazole rings is 1. The van der Waals surface area contributed by atoms with Gasteiger partial charge in [0.25, 0.3) is 0 Å². The summed E-state index contributed by atoms with van der Waals surface area (Å²) < 4.78 is 0. The fraction of sp³-hybridized carbons (Fsp3) is 0.389. The van der Waals surface area contributed by atoms with Crippen molar-refractivity contribution in [2.75, 3.05) is 42.9 Å². The van der Waals surface area contributed by atoms with Gasteiger partial charge in [0.1, 0.15) is 6.54 Å². The highest BCUT2D eigenvalue weighted by atomic mass is 127. The number of aliphatic imine (C=N–C) groups is 1. The van der Waals surface area contributed by atoms with Crippen LogP contribution in [0.3, 0.4) is 0 Å². The third kappa shape index (κ3) is 6.06. The Morgan fingerprint density at radius 1 is 1.33 bits per heavy atom. The summed E-state index contributed by atoms with van der Waals surface area (Å²) in [6.07, 6.45) is 2.75. The summed E-state index contributed by atoms with van der Waals surface area (Å²) in [5.74, 6) is 0.254. The molecule has 0 unspecified atom stereocenters. The number of nitrogens with zero attached hydrogens (tertiary/aromatic N) is 4. The third-order valence-electron chi connectivity index (χ3n) is 4.30. The van der Waals surface area contributed by atoms with E-state index in [0.717, 1.165) is 43.4 Å². The molecule has 0 atom stereocenters. The van der Waals surface area contributed by atoms with E-state index in [2.05, 4.69) is 27.1 Å². The number of aromatic nitrogens is 1. The van der Waals surface area contributed by atoms with E-state index in [4.69, 9.17) is 5.73 Å². The molecule has 146 valence electrons. The van der Waals surface area contributed by atoms with E-state index >= 15 is 0 Å². The van der Waals surface area contributed by atoms with Gasteiger partial charge in [-0.05, 0) is 24.1 Å². The zero-order valence-electron chi connectivity index (χ0n) is 15.3. The van der Waals surface area contributed by atoms with Crippen LogP contribution < -0.4 is 16.0 Å². The van der Waals surface area contributed by atoms with Crippen molar-refractivity contribution in [3.05, 3.63) is 41.4 Å². The zero-order valence-corrected chi connectivity index (χ0v) is 18.4. The molecule has 2 aromatic rings. The van der Waals surface area contributed by atoms with Gasteiger partial charge in [-0.2, -0.15) is 0 Å². The third-order valence-corrected chi connectivity index (χ3v) is 5.13. The Hall–Kier alpha value is -1.88. The lowest BCUT2D eigenvalue weighted by Crippen LogP contribution is -2.51. The van der Waals surface area contributed by atoms with E-state index in [9.17, 15) is 4.79 Å². The minimum absolute atomic E-state index is 0. The summed E-state index contributed by atoms with van der Waals surface area (Å²) in [5.41, 5.74) is 8.04. The Labute approximate surface area is 180 Å². The molecule has 1 aromatic carbocycles. The monoisotopic (exact) mass is 500 g/mol. The van der Waals surface area contributed by atoms with Crippen LogP contribution in [0.5, 0.6) is 0 Å². The van der Waals surface area contributed by atoms with Gasteiger partial charge in [-0.15, -0.1) is 35.3 Å². The Morgan fingerprint density at radius 3 is 2.78 bits per heavy atom. The largest absolute Gasteiger partial charge is 0.370 e. The van der Waals surface area contributed by atoms with Crippen LogP contribution in [0.1, 0.15) is 12.5 Å². The number of aryl methyl sites for hydroxylation is 1. The van der Waals surface area contributed by atoms with Crippen LogP contribution in [-0.4, -0.2) is 54.5 Å². The average Bonchev–Trinajstić information content (AvgIpc) is 3.21. The number of guanidine groups is 1. The van der Waals surface area contributed by atoms with Gasteiger partial charge in [-0.3, -0.25) is 4.79 Å². The molecule has 0 bridgehead atoms. The predicted octanol–water partition coefficient (Wildman–Crippen LogP) is 2.40. The summed E-state index contributed by atoms with van der Waals surface area (Å²) in [6.45, 7) is 5.35. The van der Waals surface area contributed by atoms with Crippen LogP contribution in [-0.2, 0) is 11.2 Å². The number of hydrogen-bond donors (Lipinski definition) is 2. The van der Waals surface area contributed by atoms with Gasteiger partial charge < -0.3 is 20.9 Å². The van der Waals surface area contributed by atoms with Gasteiger partial charge in [-0.25, -0.2) is 9.98 Å². The molecule has 3 rings (SSSR count). The highest BCUT2D eigenvalue weighted by Crippen LogP contribution is 2.18. The first-order valence-corrected chi connectivity index (χ1v) is 9.61. The second kappa shape index (κ2) is 10.5. The maximum absolute atomic E-state index is 12.1. The molecule has 1 fully saturated rings. The molecule has 0 aliphatic carbocycles. The van der Waals surface area contributed by atoms with Gasteiger partial charge in [0.05, 0.1) is 0 Å². The molecule has 1 aromatic heterocycles. The van der Waals surface area contributed by atoms with Gasteiger partial charge in [0.15, 0.2) is 11.1 Å². The van der Waals surface area contributed by atoms with E-state index in [1.54, 1.807) is 11.3 Å². The quantitative estimate of drug-likeness (QED) is 0.374. The lowest BCUT2D eigenvalue weighted by Gasteiger charge is -2.35. The number of rotatable bonds is 5. The molecule has 0 radical (unpaired) electrons. The zero-order chi connectivity index (χ0) is 18.4. The van der Waals surface area contributed by atoms with Crippen molar-refractivity contribution in [2.24, 2.45) is 10.7 Å². The number of carbonyl (C=O) groups is 1. The summed E-state index contributed by atoms with van der Waals surface area (Å²) in [4.78, 5) is 24.9. The van der Waals surface area contributed by atoms with Crippen molar-refractivity contribution < 1.29 is 4.79 Å². The average molecular weight is 500 g/mol. The number of carbonyl (C=O) groups excluding carboxylic acids is 1. The lowest BCUT2D eigenvalue weighted by molar-refractivity contribution is -0.114. The molecule has 1 aliphatic rings. The van der Waals surface area contributed by atoms with E-state index in [0.29, 0.717) is 5.96 Å². The summed E-state index contributed by atoms with van der Waals surface area (Å²) in [7, 11) is 0. The molecular weight excluding hydrogens is 475 g/mol. The van der Waals surface area contributed by atoms with Crippen LogP contribution in [0.25, 0.3) is 0 Å². The van der Waals surface area contributed by atoms with E-state index < -0.39 is 0 Å². The smallest absolute Gasteiger partial charge is 0.246 e. The second-order valence-corrected chi connectivity index (χ2v) is 6.94. The topological polar surface area (TPSA) is 86.8 Å². The molecule has 3 N–H and O–H groups in total. The number of hydrogen-bond acceptors (Lipinski definition) is 5. The Balaban J connectivity index is 0.00000261. The number of nitrogens with two attached hydrogens (primary N) is 1. The number of benzene rings is 1. The summed E-state index contributed by atoms with van der Waals surface area (Å²) in [6, 6.07) is 7.83. The van der Waals surface area contributed by atoms with Crippen molar-refractivity contribution in [1.29, 1.82) is 0 Å². The Kier molecular flexibility index (Phi) is 8.29. The molecule has 9 heteroatoms. The summed E-state index contributed by atoms with van der Waals surface area (Å²) in [5, 5.41) is 5.88. The minimum Gasteiger partial charge on any atom is -0.370 e. The first kappa shape index (κ1) is 21.4. The van der Waals surface area contributed by atoms with Crippen molar-refractivity contribution in [3.8, 4) is 0 Å². The van der Waals surface area contributed by atoms with Crippen molar-refractivity contribution in [3.63, 3.8) is 0 Å². The highest BCUT2D eigenvalue weighted by Gasteiger charge is 2.19. The number of nitrogens with one attached hydrogen (secondary N) is 1. The fourth-order valence-corrected chi connectivity index (χ4v) is 3.52. The Bertz CT molecular complexity index is 759. The SMILES string of the molecule is CCc1cccc(NC(=O)CN=C(N)N2CCN(c3nccs3)CC2)c1.I. The number of anilines is 2. The van der Waals surface area contributed by atoms with Crippen LogP contribution >= 0.6 is 35.3 Å². The normalized spacial score (nSPS) is 14.6.